The topological polar surface area (TPSA) is 78.9 Å². The van der Waals surface area contributed by atoms with E-state index in [0.29, 0.717) is 12.5 Å². The van der Waals surface area contributed by atoms with E-state index in [9.17, 15) is 4.79 Å². The van der Waals surface area contributed by atoms with Crippen molar-refractivity contribution < 1.29 is 9.53 Å². The first kappa shape index (κ1) is 25.7. The van der Waals surface area contributed by atoms with Crippen molar-refractivity contribution in [2.24, 2.45) is 10.9 Å². The number of carbonyl (C=O) groups excluding carboxylic acids is 1. The summed E-state index contributed by atoms with van der Waals surface area (Å²) in [6, 6.07) is 0.233. The zero-order valence-electron chi connectivity index (χ0n) is 19.4. The largest absolute Gasteiger partial charge is 0.496 e. The molecule has 31 heavy (non-hydrogen) atoms. The van der Waals surface area contributed by atoms with Gasteiger partial charge in [0.2, 0.25) is 5.91 Å². The number of methoxy groups -OCH3 is 1. The number of likely N-dealkylation sites (tertiary alicyclic amines) is 1. The average Bonchev–Trinajstić information content (AvgIpc) is 3.22. The lowest BCUT2D eigenvalue weighted by atomic mass is 9.88. The number of pyridine rings is 1. The highest BCUT2D eigenvalue weighted by Gasteiger charge is 2.31. The Morgan fingerprint density at radius 2 is 2.00 bits per heavy atom. The maximum atomic E-state index is 12.8. The van der Waals surface area contributed by atoms with E-state index < -0.39 is 0 Å². The fourth-order valence-corrected chi connectivity index (χ4v) is 4.58. The molecule has 1 aliphatic heterocycles. The Balaban J connectivity index is 0.00000341. The van der Waals surface area contributed by atoms with E-state index in [-0.39, 0.29) is 35.9 Å². The zero-order valence-corrected chi connectivity index (χ0v) is 21.7. The fourth-order valence-electron chi connectivity index (χ4n) is 4.58. The van der Waals surface area contributed by atoms with Gasteiger partial charge in [-0.2, -0.15) is 0 Å². The minimum absolute atomic E-state index is 0. The van der Waals surface area contributed by atoms with Crippen LogP contribution >= 0.6 is 24.0 Å². The summed E-state index contributed by atoms with van der Waals surface area (Å²) in [6.07, 6.45) is 8.58. The van der Waals surface area contributed by atoms with Gasteiger partial charge in [0.15, 0.2) is 5.96 Å². The molecule has 1 aliphatic carbocycles. The van der Waals surface area contributed by atoms with Gasteiger partial charge >= 0.3 is 0 Å². The van der Waals surface area contributed by atoms with Crippen LogP contribution in [0.4, 0.5) is 0 Å². The van der Waals surface area contributed by atoms with Crippen LogP contribution < -0.4 is 15.4 Å². The molecule has 1 aromatic rings. The van der Waals surface area contributed by atoms with Crippen molar-refractivity contribution in [1.82, 2.24) is 20.5 Å². The summed E-state index contributed by atoms with van der Waals surface area (Å²) in [5.74, 6) is 2.24. The van der Waals surface area contributed by atoms with E-state index in [0.717, 1.165) is 67.4 Å². The first-order valence-electron chi connectivity index (χ1n) is 11.4. The lowest BCUT2D eigenvalue weighted by molar-refractivity contribution is -0.135. The van der Waals surface area contributed by atoms with Gasteiger partial charge in [-0.25, -0.2) is 4.99 Å². The molecule has 2 N–H and O–H groups in total. The molecule has 174 valence electrons. The number of rotatable bonds is 6. The van der Waals surface area contributed by atoms with Crippen LogP contribution in [0.25, 0.3) is 0 Å². The number of hydrogen-bond acceptors (Lipinski definition) is 4. The van der Waals surface area contributed by atoms with Crippen LogP contribution in [0.15, 0.2) is 11.2 Å². The van der Waals surface area contributed by atoms with Crippen LogP contribution in [-0.4, -0.2) is 54.5 Å². The summed E-state index contributed by atoms with van der Waals surface area (Å²) in [5.41, 5.74) is 2.97. The maximum Gasteiger partial charge on any atom is 0.225 e. The predicted molar refractivity (Wildman–Crippen MR) is 135 cm³/mol. The molecule has 1 atom stereocenters. The molecular formula is C23H38IN5O2. The van der Waals surface area contributed by atoms with Crippen molar-refractivity contribution in [2.75, 3.05) is 26.7 Å². The summed E-state index contributed by atoms with van der Waals surface area (Å²) in [7, 11) is 1.69. The van der Waals surface area contributed by atoms with Gasteiger partial charge < -0.3 is 20.3 Å². The third kappa shape index (κ3) is 6.70. The lowest BCUT2D eigenvalue weighted by Gasteiger charge is -2.26. The molecule has 8 heteroatoms. The Morgan fingerprint density at radius 3 is 2.68 bits per heavy atom. The van der Waals surface area contributed by atoms with E-state index in [2.05, 4.69) is 22.5 Å². The first-order chi connectivity index (χ1) is 14.5. The number of aromatic nitrogens is 1. The van der Waals surface area contributed by atoms with Crippen LogP contribution in [-0.2, 0) is 11.3 Å². The number of ether oxygens (including phenoxy) is 1. The minimum atomic E-state index is 0. The minimum Gasteiger partial charge on any atom is -0.496 e. The second-order valence-electron chi connectivity index (χ2n) is 8.49. The highest BCUT2D eigenvalue weighted by molar-refractivity contribution is 14.0. The third-order valence-corrected chi connectivity index (χ3v) is 6.28. The molecule has 0 bridgehead atoms. The number of aliphatic imine (C=N–C) groups is 1. The molecule has 7 nitrogen and oxygen atoms in total. The van der Waals surface area contributed by atoms with Gasteiger partial charge in [-0.05, 0) is 40.0 Å². The number of carbonyl (C=O) groups is 1. The highest BCUT2D eigenvalue weighted by atomic mass is 127. The molecule has 1 aromatic heterocycles. The molecule has 2 aliphatic rings. The van der Waals surface area contributed by atoms with Crippen LogP contribution in [0.1, 0.15) is 62.3 Å². The van der Waals surface area contributed by atoms with Crippen molar-refractivity contribution in [3.63, 3.8) is 0 Å². The molecule has 0 aromatic carbocycles. The SMILES string of the molecule is CCNC(=NCc1ncc(C)c(OC)c1C)NC1CCN(C(=O)C2CCCCC2)C1.I. The van der Waals surface area contributed by atoms with Crippen molar-refractivity contribution in [3.05, 3.63) is 23.0 Å². The molecule has 3 rings (SSSR count). The maximum absolute atomic E-state index is 12.8. The monoisotopic (exact) mass is 543 g/mol. The summed E-state index contributed by atoms with van der Waals surface area (Å²) >= 11 is 0. The van der Waals surface area contributed by atoms with Gasteiger partial charge in [0.1, 0.15) is 5.75 Å². The number of nitrogens with one attached hydrogen (secondary N) is 2. The molecule has 1 unspecified atom stereocenters. The number of aryl methyl sites for hydroxylation is 1. The van der Waals surface area contributed by atoms with Gasteiger partial charge in [-0.3, -0.25) is 9.78 Å². The summed E-state index contributed by atoms with van der Waals surface area (Å²) < 4.78 is 5.51. The molecule has 2 fully saturated rings. The lowest BCUT2D eigenvalue weighted by Crippen LogP contribution is -2.45. The Kier molecular flexibility index (Phi) is 10.3. The van der Waals surface area contributed by atoms with Crippen molar-refractivity contribution in [2.45, 2.75) is 71.9 Å². The normalized spacial score (nSPS) is 19.7. The number of halogens is 1. The van der Waals surface area contributed by atoms with Crippen LogP contribution in [0, 0.1) is 19.8 Å². The molecule has 1 amide bonds. The zero-order chi connectivity index (χ0) is 21.5. The summed E-state index contributed by atoms with van der Waals surface area (Å²) in [5, 5.41) is 6.84. The van der Waals surface area contributed by atoms with E-state index in [1.807, 2.05) is 24.9 Å². The van der Waals surface area contributed by atoms with Gasteiger partial charge in [0.05, 0.1) is 19.3 Å². The Hall–Kier alpha value is -1.58. The molecule has 0 radical (unpaired) electrons. The Morgan fingerprint density at radius 1 is 1.26 bits per heavy atom. The number of nitrogens with zero attached hydrogens (tertiary/aromatic N) is 3. The molecular weight excluding hydrogens is 505 g/mol. The highest BCUT2D eigenvalue weighted by Crippen LogP contribution is 2.27. The Labute approximate surface area is 203 Å². The summed E-state index contributed by atoms with van der Waals surface area (Å²) in [6.45, 7) is 8.94. The van der Waals surface area contributed by atoms with Crippen LogP contribution in [0.2, 0.25) is 0 Å². The third-order valence-electron chi connectivity index (χ3n) is 6.28. The Bertz CT molecular complexity index is 765. The molecule has 1 saturated heterocycles. The molecule has 0 spiro atoms. The quantitative estimate of drug-likeness (QED) is 0.326. The standard InChI is InChI=1S/C23H37N5O2.HI/c1-5-24-23(26-14-20-17(3)21(30-4)16(2)13-25-20)27-19-11-12-28(15-19)22(29)18-9-7-6-8-10-18;/h13,18-19H,5-12,14-15H2,1-4H3,(H2,24,26,27);1H. The van der Waals surface area contributed by atoms with E-state index in [1.165, 1.54) is 19.3 Å². The average molecular weight is 543 g/mol. The van der Waals surface area contributed by atoms with E-state index >= 15 is 0 Å². The number of amides is 1. The predicted octanol–water partition coefficient (Wildman–Crippen LogP) is 3.56. The second kappa shape index (κ2) is 12.5. The second-order valence-corrected chi connectivity index (χ2v) is 8.49. The molecule has 1 saturated carbocycles. The van der Waals surface area contributed by atoms with Crippen molar-refractivity contribution in [1.29, 1.82) is 0 Å². The van der Waals surface area contributed by atoms with Gasteiger partial charge in [0.25, 0.3) is 0 Å². The number of guanidine groups is 1. The van der Waals surface area contributed by atoms with Gasteiger partial charge in [-0.15, -0.1) is 24.0 Å². The van der Waals surface area contributed by atoms with E-state index in [1.54, 1.807) is 7.11 Å². The van der Waals surface area contributed by atoms with Gasteiger partial charge in [-0.1, -0.05) is 19.3 Å². The van der Waals surface area contributed by atoms with Gasteiger partial charge in [0, 0.05) is 48.9 Å². The summed E-state index contributed by atoms with van der Waals surface area (Å²) in [4.78, 5) is 24.2. The molecule has 2 heterocycles. The van der Waals surface area contributed by atoms with Crippen LogP contribution in [0.5, 0.6) is 5.75 Å². The van der Waals surface area contributed by atoms with Crippen LogP contribution in [0.3, 0.4) is 0 Å². The van der Waals surface area contributed by atoms with E-state index in [4.69, 9.17) is 9.73 Å². The smallest absolute Gasteiger partial charge is 0.225 e. The fraction of sp³-hybridized carbons (Fsp3) is 0.696. The van der Waals surface area contributed by atoms with Crippen molar-refractivity contribution in [3.8, 4) is 5.75 Å². The first-order valence-corrected chi connectivity index (χ1v) is 11.4. The van der Waals surface area contributed by atoms with Crippen molar-refractivity contribution >= 4 is 35.8 Å². The number of hydrogen-bond donors (Lipinski definition) is 2.